The predicted octanol–water partition coefficient (Wildman–Crippen LogP) is 10.1. The van der Waals surface area contributed by atoms with E-state index in [1.807, 2.05) is 0 Å². The van der Waals surface area contributed by atoms with Crippen LogP contribution in [0, 0.1) is 11.8 Å². The summed E-state index contributed by atoms with van der Waals surface area (Å²) < 4.78 is 0. The lowest BCUT2D eigenvalue weighted by Crippen LogP contribution is -1.96. The Bertz CT molecular complexity index is 244. The Morgan fingerprint density at radius 3 is 1.00 bits per heavy atom. The van der Waals surface area contributed by atoms with Gasteiger partial charge in [0.25, 0.3) is 0 Å². The molecule has 0 amide bonds. The molecule has 0 aliphatic rings. The van der Waals surface area contributed by atoms with Crippen LogP contribution >= 0.6 is 0 Å². The molecule has 0 N–H and O–H groups in total. The van der Waals surface area contributed by atoms with Crippen molar-refractivity contribution in [2.24, 2.45) is 11.8 Å². The standard InChI is InChI=1S/C26H54/c1-5-7-8-9-10-11-12-13-15-19-23-26(4)24-20-17-14-16-18-22-25(3)21-6-2/h25-26H,5-24H2,1-4H3. The van der Waals surface area contributed by atoms with Gasteiger partial charge in [-0.2, -0.15) is 0 Å². The van der Waals surface area contributed by atoms with Gasteiger partial charge in [0.15, 0.2) is 0 Å². The molecule has 0 aromatic carbocycles. The summed E-state index contributed by atoms with van der Waals surface area (Å²) in [4.78, 5) is 0. The maximum absolute atomic E-state index is 2.49. The molecule has 158 valence electrons. The number of rotatable bonds is 21. The van der Waals surface area contributed by atoms with Crippen molar-refractivity contribution in [1.82, 2.24) is 0 Å². The first-order valence-corrected chi connectivity index (χ1v) is 12.7. The lowest BCUT2D eigenvalue weighted by atomic mass is 9.95. The highest BCUT2D eigenvalue weighted by Gasteiger charge is 2.03. The average Bonchev–Trinajstić information content (AvgIpc) is 2.62. The van der Waals surface area contributed by atoms with Crippen LogP contribution in [-0.2, 0) is 0 Å². The van der Waals surface area contributed by atoms with Crippen LogP contribution in [0.5, 0.6) is 0 Å². The van der Waals surface area contributed by atoms with E-state index in [4.69, 9.17) is 0 Å². The summed E-state index contributed by atoms with van der Waals surface area (Å²) in [6.07, 6.45) is 29.2. The summed E-state index contributed by atoms with van der Waals surface area (Å²) in [5, 5.41) is 0. The van der Waals surface area contributed by atoms with Crippen molar-refractivity contribution < 1.29 is 0 Å². The Morgan fingerprint density at radius 2 is 0.654 bits per heavy atom. The Morgan fingerprint density at radius 1 is 0.346 bits per heavy atom. The SMILES string of the molecule is CCCCCCCCCCCCC(C)CCCCCCCC(C)CCC. The second kappa shape index (κ2) is 21.3. The number of hydrogen-bond donors (Lipinski definition) is 0. The van der Waals surface area contributed by atoms with E-state index < -0.39 is 0 Å². The summed E-state index contributed by atoms with van der Waals surface area (Å²) in [7, 11) is 0. The van der Waals surface area contributed by atoms with Crippen LogP contribution in [0.4, 0.5) is 0 Å². The fraction of sp³-hybridized carbons (Fsp3) is 1.00. The Kier molecular flexibility index (Phi) is 21.3. The third-order valence-corrected chi connectivity index (χ3v) is 6.23. The van der Waals surface area contributed by atoms with Crippen molar-refractivity contribution in [2.75, 3.05) is 0 Å². The molecule has 0 heteroatoms. The normalized spacial score (nSPS) is 13.8. The second-order valence-electron chi connectivity index (χ2n) is 9.31. The van der Waals surface area contributed by atoms with Crippen LogP contribution in [-0.4, -0.2) is 0 Å². The Balaban J connectivity index is 3.19. The van der Waals surface area contributed by atoms with E-state index in [0.717, 1.165) is 11.8 Å². The average molecular weight is 367 g/mol. The fourth-order valence-electron chi connectivity index (χ4n) is 4.28. The van der Waals surface area contributed by atoms with Gasteiger partial charge < -0.3 is 0 Å². The zero-order valence-corrected chi connectivity index (χ0v) is 19.3. The topological polar surface area (TPSA) is 0 Å². The van der Waals surface area contributed by atoms with Crippen molar-refractivity contribution >= 4 is 0 Å². The van der Waals surface area contributed by atoms with Gasteiger partial charge in [-0.15, -0.1) is 0 Å². The maximum atomic E-state index is 2.49. The van der Waals surface area contributed by atoms with Crippen molar-refractivity contribution in [1.29, 1.82) is 0 Å². The van der Waals surface area contributed by atoms with Crippen molar-refractivity contribution in [2.45, 2.75) is 156 Å². The van der Waals surface area contributed by atoms with E-state index in [1.54, 1.807) is 0 Å². The Hall–Kier alpha value is 0. The molecule has 0 saturated carbocycles. The molecule has 0 aliphatic heterocycles. The summed E-state index contributed by atoms with van der Waals surface area (Å²) in [6.45, 7) is 9.53. The fourth-order valence-corrected chi connectivity index (χ4v) is 4.28. The molecule has 0 bridgehead atoms. The van der Waals surface area contributed by atoms with E-state index >= 15 is 0 Å². The zero-order chi connectivity index (χ0) is 19.3. The van der Waals surface area contributed by atoms with Gasteiger partial charge in [0, 0.05) is 0 Å². The molecule has 2 atom stereocenters. The minimum Gasteiger partial charge on any atom is -0.0654 e. The minimum atomic E-state index is 0.959. The van der Waals surface area contributed by atoms with E-state index in [0.29, 0.717) is 0 Å². The quantitative estimate of drug-likeness (QED) is 0.177. The summed E-state index contributed by atoms with van der Waals surface area (Å²) in [5.74, 6) is 1.93. The first-order chi connectivity index (χ1) is 12.7. The smallest absolute Gasteiger partial charge is 0.0443 e. The predicted molar refractivity (Wildman–Crippen MR) is 122 cm³/mol. The van der Waals surface area contributed by atoms with Crippen LogP contribution in [0.25, 0.3) is 0 Å². The molecule has 0 aliphatic carbocycles. The van der Waals surface area contributed by atoms with Crippen LogP contribution in [0.3, 0.4) is 0 Å². The summed E-state index contributed by atoms with van der Waals surface area (Å²) in [5.41, 5.74) is 0. The highest BCUT2D eigenvalue weighted by atomic mass is 14.1. The first kappa shape index (κ1) is 26.0. The monoisotopic (exact) mass is 366 g/mol. The van der Waals surface area contributed by atoms with Gasteiger partial charge in [-0.25, -0.2) is 0 Å². The number of unbranched alkanes of at least 4 members (excludes halogenated alkanes) is 13. The first-order valence-electron chi connectivity index (χ1n) is 12.7. The molecular formula is C26H54. The molecule has 0 nitrogen and oxygen atoms in total. The minimum absolute atomic E-state index is 0.959. The van der Waals surface area contributed by atoms with Crippen molar-refractivity contribution in [3.8, 4) is 0 Å². The lowest BCUT2D eigenvalue weighted by Gasteiger charge is -2.12. The van der Waals surface area contributed by atoms with Gasteiger partial charge >= 0.3 is 0 Å². The molecule has 0 heterocycles. The van der Waals surface area contributed by atoms with Gasteiger partial charge in [0.2, 0.25) is 0 Å². The third kappa shape index (κ3) is 20.3. The van der Waals surface area contributed by atoms with Crippen LogP contribution < -0.4 is 0 Å². The lowest BCUT2D eigenvalue weighted by molar-refractivity contribution is 0.422. The maximum Gasteiger partial charge on any atom is -0.0443 e. The van der Waals surface area contributed by atoms with Gasteiger partial charge in [0.05, 0.1) is 0 Å². The second-order valence-corrected chi connectivity index (χ2v) is 9.31. The van der Waals surface area contributed by atoms with Crippen molar-refractivity contribution in [3.05, 3.63) is 0 Å². The van der Waals surface area contributed by atoms with Gasteiger partial charge in [-0.3, -0.25) is 0 Å². The third-order valence-electron chi connectivity index (χ3n) is 6.23. The Labute approximate surface area is 168 Å². The summed E-state index contributed by atoms with van der Waals surface area (Å²) >= 11 is 0. The molecule has 0 aromatic heterocycles. The van der Waals surface area contributed by atoms with Crippen LogP contribution in [0.2, 0.25) is 0 Å². The van der Waals surface area contributed by atoms with Crippen LogP contribution in [0.1, 0.15) is 156 Å². The largest absolute Gasteiger partial charge is 0.0654 e. The van der Waals surface area contributed by atoms with E-state index in [9.17, 15) is 0 Å². The molecular weight excluding hydrogens is 312 g/mol. The van der Waals surface area contributed by atoms with E-state index in [2.05, 4.69) is 27.7 Å². The van der Waals surface area contributed by atoms with Crippen molar-refractivity contribution in [3.63, 3.8) is 0 Å². The van der Waals surface area contributed by atoms with Gasteiger partial charge in [-0.1, -0.05) is 156 Å². The molecule has 0 saturated heterocycles. The zero-order valence-electron chi connectivity index (χ0n) is 19.3. The van der Waals surface area contributed by atoms with Gasteiger partial charge in [0.1, 0.15) is 0 Å². The van der Waals surface area contributed by atoms with Gasteiger partial charge in [-0.05, 0) is 11.8 Å². The summed E-state index contributed by atoms with van der Waals surface area (Å²) in [6, 6.07) is 0. The highest BCUT2D eigenvalue weighted by Crippen LogP contribution is 2.20. The highest BCUT2D eigenvalue weighted by molar-refractivity contribution is 4.57. The van der Waals surface area contributed by atoms with E-state index in [-0.39, 0.29) is 0 Å². The molecule has 0 fully saturated rings. The molecule has 0 radical (unpaired) electrons. The number of hydrogen-bond acceptors (Lipinski definition) is 0. The van der Waals surface area contributed by atoms with Crippen LogP contribution in [0.15, 0.2) is 0 Å². The van der Waals surface area contributed by atoms with E-state index in [1.165, 1.54) is 128 Å². The molecule has 0 rings (SSSR count). The molecule has 2 unspecified atom stereocenters. The molecule has 0 aromatic rings. The molecule has 0 spiro atoms. The molecule has 26 heavy (non-hydrogen) atoms.